The van der Waals surface area contributed by atoms with Crippen LogP contribution < -0.4 is 0 Å². The second-order valence-corrected chi connectivity index (χ2v) is 6.42. The maximum absolute atomic E-state index is 12.3. The van der Waals surface area contributed by atoms with E-state index in [0.29, 0.717) is 0 Å². The first-order valence-corrected chi connectivity index (χ1v) is 8.39. The standard InChI is InChI=1S/C12H14Br2INO/c1-2-16(7-3-6-13)12(17)10-8-9(14)4-5-11(10)15/h4-5,8H,2-3,6-7H2,1H3. The highest BCUT2D eigenvalue weighted by atomic mass is 127. The van der Waals surface area contributed by atoms with Crippen molar-refractivity contribution in [2.24, 2.45) is 0 Å². The van der Waals surface area contributed by atoms with Gasteiger partial charge in [0, 0.05) is 26.5 Å². The second-order valence-electron chi connectivity index (χ2n) is 3.55. The number of carbonyl (C=O) groups is 1. The van der Waals surface area contributed by atoms with E-state index in [0.717, 1.165) is 38.4 Å². The van der Waals surface area contributed by atoms with Crippen molar-refractivity contribution >= 4 is 60.4 Å². The lowest BCUT2D eigenvalue weighted by Gasteiger charge is -2.21. The number of halogens is 3. The normalized spacial score (nSPS) is 10.4. The van der Waals surface area contributed by atoms with Crippen LogP contribution in [0.4, 0.5) is 0 Å². The predicted octanol–water partition coefficient (Wildman–Crippen LogP) is 4.30. The van der Waals surface area contributed by atoms with Crippen molar-refractivity contribution in [3.8, 4) is 0 Å². The van der Waals surface area contributed by atoms with E-state index in [4.69, 9.17) is 0 Å². The van der Waals surface area contributed by atoms with Crippen LogP contribution in [-0.2, 0) is 0 Å². The van der Waals surface area contributed by atoms with Crippen molar-refractivity contribution in [1.29, 1.82) is 0 Å². The maximum atomic E-state index is 12.3. The SMILES string of the molecule is CCN(CCCBr)C(=O)c1cc(Br)ccc1I. The van der Waals surface area contributed by atoms with Gasteiger partial charge in [-0.15, -0.1) is 0 Å². The highest BCUT2D eigenvalue weighted by Gasteiger charge is 2.16. The van der Waals surface area contributed by atoms with Crippen LogP contribution in [0.5, 0.6) is 0 Å². The zero-order chi connectivity index (χ0) is 12.8. The minimum Gasteiger partial charge on any atom is -0.339 e. The van der Waals surface area contributed by atoms with Gasteiger partial charge in [-0.3, -0.25) is 4.79 Å². The summed E-state index contributed by atoms with van der Waals surface area (Å²) in [5.41, 5.74) is 0.774. The van der Waals surface area contributed by atoms with Crippen LogP contribution in [-0.4, -0.2) is 29.2 Å². The van der Waals surface area contributed by atoms with Crippen molar-refractivity contribution < 1.29 is 4.79 Å². The number of carbonyl (C=O) groups excluding carboxylic acids is 1. The topological polar surface area (TPSA) is 20.3 Å². The molecule has 94 valence electrons. The third-order valence-electron chi connectivity index (χ3n) is 2.39. The third-order valence-corrected chi connectivity index (χ3v) is 4.38. The molecule has 0 aliphatic carbocycles. The van der Waals surface area contributed by atoms with Gasteiger partial charge in [-0.25, -0.2) is 0 Å². The average molecular weight is 475 g/mol. The van der Waals surface area contributed by atoms with E-state index >= 15 is 0 Å². The molecule has 0 saturated heterocycles. The lowest BCUT2D eigenvalue weighted by atomic mass is 10.2. The molecule has 0 fully saturated rings. The van der Waals surface area contributed by atoms with Crippen molar-refractivity contribution in [2.45, 2.75) is 13.3 Å². The van der Waals surface area contributed by atoms with E-state index in [2.05, 4.69) is 54.5 Å². The Morgan fingerprint density at radius 2 is 2.18 bits per heavy atom. The molecule has 0 aliphatic rings. The van der Waals surface area contributed by atoms with Gasteiger partial charge in [0.15, 0.2) is 0 Å². The zero-order valence-corrected chi connectivity index (χ0v) is 14.9. The summed E-state index contributed by atoms with van der Waals surface area (Å²) in [7, 11) is 0. The first-order chi connectivity index (χ1) is 8.10. The lowest BCUT2D eigenvalue weighted by Crippen LogP contribution is -2.32. The van der Waals surface area contributed by atoms with Crippen LogP contribution in [0.2, 0.25) is 0 Å². The number of alkyl halides is 1. The molecule has 1 amide bonds. The summed E-state index contributed by atoms with van der Waals surface area (Å²) in [6.45, 7) is 3.55. The van der Waals surface area contributed by atoms with E-state index in [1.54, 1.807) is 0 Å². The molecule has 17 heavy (non-hydrogen) atoms. The fourth-order valence-corrected chi connectivity index (χ4v) is 2.66. The summed E-state index contributed by atoms with van der Waals surface area (Å²) >= 11 is 9.00. The zero-order valence-electron chi connectivity index (χ0n) is 9.55. The molecular weight excluding hydrogens is 461 g/mol. The fourth-order valence-electron chi connectivity index (χ4n) is 1.49. The predicted molar refractivity (Wildman–Crippen MR) is 86.8 cm³/mol. The third kappa shape index (κ3) is 4.52. The number of nitrogens with zero attached hydrogens (tertiary/aromatic N) is 1. The smallest absolute Gasteiger partial charge is 0.254 e. The minimum atomic E-state index is 0.110. The first kappa shape index (κ1) is 15.4. The molecule has 0 radical (unpaired) electrons. The Kier molecular flexibility index (Phi) is 7.02. The van der Waals surface area contributed by atoms with Crippen LogP contribution in [0.1, 0.15) is 23.7 Å². The number of hydrogen-bond donors (Lipinski definition) is 0. The van der Waals surface area contributed by atoms with Crippen LogP contribution >= 0.6 is 54.5 Å². The number of hydrogen-bond acceptors (Lipinski definition) is 1. The number of amides is 1. The largest absolute Gasteiger partial charge is 0.339 e. The maximum Gasteiger partial charge on any atom is 0.254 e. The molecule has 0 bridgehead atoms. The molecule has 0 N–H and O–H groups in total. The van der Waals surface area contributed by atoms with Crippen LogP contribution in [0.15, 0.2) is 22.7 Å². The Hall–Kier alpha value is 0.380. The summed E-state index contributed by atoms with van der Waals surface area (Å²) in [5.74, 6) is 0.110. The van der Waals surface area contributed by atoms with Gasteiger partial charge < -0.3 is 4.90 Å². The molecular formula is C12H14Br2INO. The minimum absolute atomic E-state index is 0.110. The van der Waals surface area contributed by atoms with E-state index in [1.807, 2.05) is 30.0 Å². The first-order valence-electron chi connectivity index (χ1n) is 5.40. The van der Waals surface area contributed by atoms with E-state index in [-0.39, 0.29) is 5.91 Å². The van der Waals surface area contributed by atoms with Crippen molar-refractivity contribution in [3.05, 3.63) is 31.8 Å². The molecule has 5 heteroatoms. The Morgan fingerprint density at radius 3 is 2.76 bits per heavy atom. The van der Waals surface area contributed by atoms with Crippen molar-refractivity contribution in [1.82, 2.24) is 4.90 Å². The molecule has 1 rings (SSSR count). The summed E-state index contributed by atoms with van der Waals surface area (Å²) in [6, 6.07) is 5.80. The highest BCUT2D eigenvalue weighted by Crippen LogP contribution is 2.20. The summed E-state index contributed by atoms with van der Waals surface area (Å²) in [6.07, 6.45) is 0.976. The quantitative estimate of drug-likeness (QED) is 0.460. The van der Waals surface area contributed by atoms with Crippen LogP contribution in [0.25, 0.3) is 0 Å². The lowest BCUT2D eigenvalue weighted by molar-refractivity contribution is 0.0764. The molecule has 0 spiro atoms. The molecule has 1 aromatic rings. The number of benzene rings is 1. The second kappa shape index (κ2) is 7.74. The van der Waals surface area contributed by atoms with Crippen molar-refractivity contribution in [3.63, 3.8) is 0 Å². The van der Waals surface area contributed by atoms with Crippen molar-refractivity contribution in [2.75, 3.05) is 18.4 Å². The van der Waals surface area contributed by atoms with E-state index in [9.17, 15) is 4.79 Å². The molecule has 0 heterocycles. The summed E-state index contributed by atoms with van der Waals surface area (Å²) < 4.78 is 1.94. The average Bonchev–Trinajstić information content (AvgIpc) is 2.33. The van der Waals surface area contributed by atoms with Gasteiger partial charge in [-0.2, -0.15) is 0 Å². The van der Waals surface area contributed by atoms with E-state index < -0.39 is 0 Å². The molecule has 0 aromatic heterocycles. The van der Waals surface area contributed by atoms with Gasteiger partial charge in [-0.1, -0.05) is 31.9 Å². The molecule has 0 atom stereocenters. The van der Waals surface area contributed by atoms with Gasteiger partial charge >= 0.3 is 0 Å². The Balaban J connectivity index is 2.89. The Morgan fingerprint density at radius 1 is 1.47 bits per heavy atom. The molecule has 0 aliphatic heterocycles. The molecule has 2 nitrogen and oxygen atoms in total. The van der Waals surface area contributed by atoms with E-state index in [1.165, 1.54) is 0 Å². The van der Waals surface area contributed by atoms with Gasteiger partial charge in [-0.05, 0) is 54.1 Å². The molecule has 0 unspecified atom stereocenters. The van der Waals surface area contributed by atoms with Crippen LogP contribution in [0, 0.1) is 3.57 Å². The fraction of sp³-hybridized carbons (Fsp3) is 0.417. The van der Waals surface area contributed by atoms with Gasteiger partial charge in [0.2, 0.25) is 0 Å². The molecule has 1 aromatic carbocycles. The van der Waals surface area contributed by atoms with Crippen LogP contribution in [0.3, 0.4) is 0 Å². The Labute approximate surface area is 133 Å². The summed E-state index contributed by atoms with van der Waals surface area (Å²) in [5, 5.41) is 0.923. The molecule has 0 saturated carbocycles. The Bertz CT molecular complexity index is 398. The monoisotopic (exact) mass is 473 g/mol. The van der Waals surface area contributed by atoms with Gasteiger partial charge in [0.25, 0.3) is 5.91 Å². The highest BCUT2D eigenvalue weighted by molar-refractivity contribution is 14.1. The number of rotatable bonds is 5. The van der Waals surface area contributed by atoms with Gasteiger partial charge in [0.1, 0.15) is 0 Å². The van der Waals surface area contributed by atoms with Gasteiger partial charge in [0.05, 0.1) is 5.56 Å². The summed E-state index contributed by atoms with van der Waals surface area (Å²) in [4.78, 5) is 14.2.